The van der Waals surface area contributed by atoms with Crippen LogP contribution in [0.1, 0.15) is 114 Å². The molecule has 0 bridgehead atoms. The van der Waals surface area contributed by atoms with Crippen LogP contribution in [0.15, 0.2) is 0 Å². The normalized spacial score (nSPS) is 19.7. The Labute approximate surface area is 142 Å². The first-order chi connectivity index (χ1) is 10.6. The van der Waals surface area contributed by atoms with Gasteiger partial charge in [0.1, 0.15) is 5.78 Å². The van der Waals surface area contributed by atoms with Crippen LogP contribution in [0.3, 0.4) is 0 Å². The van der Waals surface area contributed by atoms with E-state index in [1.54, 1.807) is 0 Å². The fraction of sp³-hybridized carbons (Fsp3) is 0.952. The second-order valence-corrected chi connectivity index (χ2v) is 5.86. The van der Waals surface area contributed by atoms with Crippen LogP contribution < -0.4 is 0 Å². The number of Topliss-reactive ketones (excluding diaryl/α,β-unsaturated/α-hetero) is 1. The lowest BCUT2D eigenvalue weighted by Crippen LogP contribution is -2.21. The summed E-state index contributed by atoms with van der Waals surface area (Å²) in [5.74, 6) is 2.67. The van der Waals surface area contributed by atoms with Crippen molar-refractivity contribution in [1.82, 2.24) is 0 Å². The van der Waals surface area contributed by atoms with E-state index >= 15 is 0 Å². The molecule has 0 amide bonds. The standard InChI is InChI=1S/C15H28O.3C2H6/c1-4-15(16)14-10-8-13(9-11-14)7-5-6-12(2)3;3*1-2/h12-14H,4-11H2,1-3H3;3*1-2H3. The quantitative estimate of drug-likeness (QED) is 0.491. The Kier molecular flexibility index (Phi) is 25.0. The van der Waals surface area contributed by atoms with Gasteiger partial charge in [-0.3, -0.25) is 4.79 Å². The van der Waals surface area contributed by atoms with Crippen LogP contribution in [0, 0.1) is 17.8 Å². The van der Waals surface area contributed by atoms with E-state index < -0.39 is 0 Å². The predicted octanol–water partition coefficient (Wildman–Crippen LogP) is 7.68. The highest BCUT2D eigenvalue weighted by Gasteiger charge is 2.24. The Balaban J connectivity index is -0.000000535. The average Bonchev–Trinajstić information content (AvgIpc) is 2.60. The highest BCUT2D eigenvalue weighted by molar-refractivity contribution is 5.80. The average molecular weight is 315 g/mol. The van der Waals surface area contributed by atoms with Gasteiger partial charge in [0.05, 0.1) is 0 Å². The third-order valence-corrected chi connectivity index (χ3v) is 4.04. The van der Waals surface area contributed by atoms with Gasteiger partial charge in [-0.15, -0.1) is 0 Å². The van der Waals surface area contributed by atoms with Gasteiger partial charge in [-0.2, -0.15) is 0 Å². The largest absolute Gasteiger partial charge is 0.299 e. The Morgan fingerprint density at radius 3 is 1.73 bits per heavy atom. The molecule has 0 saturated heterocycles. The van der Waals surface area contributed by atoms with Gasteiger partial charge in [-0.05, 0) is 37.5 Å². The summed E-state index contributed by atoms with van der Waals surface area (Å²) < 4.78 is 0. The number of hydrogen-bond donors (Lipinski definition) is 0. The first kappa shape index (κ1) is 26.6. The zero-order valence-electron chi connectivity index (χ0n) is 17.3. The lowest BCUT2D eigenvalue weighted by Gasteiger charge is -2.27. The number of carbonyl (C=O) groups excluding carboxylic acids is 1. The lowest BCUT2D eigenvalue weighted by molar-refractivity contribution is -0.123. The molecule has 1 rings (SSSR count). The minimum absolute atomic E-state index is 0.409. The van der Waals surface area contributed by atoms with Crippen LogP contribution in [0.25, 0.3) is 0 Å². The summed E-state index contributed by atoms with van der Waals surface area (Å²) >= 11 is 0. The van der Waals surface area contributed by atoms with Crippen LogP contribution in [-0.2, 0) is 4.79 Å². The van der Waals surface area contributed by atoms with Gasteiger partial charge in [0.15, 0.2) is 0 Å². The van der Waals surface area contributed by atoms with Crippen molar-refractivity contribution < 1.29 is 4.79 Å². The third-order valence-electron chi connectivity index (χ3n) is 4.04. The molecule has 0 aromatic heterocycles. The third kappa shape index (κ3) is 14.6. The summed E-state index contributed by atoms with van der Waals surface area (Å²) in [5, 5.41) is 0. The molecule has 0 atom stereocenters. The Bertz CT molecular complexity index is 200. The number of carbonyl (C=O) groups is 1. The summed E-state index contributed by atoms with van der Waals surface area (Å²) in [6, 6.07) is 0. The maximum Gasteiger partial charge on any atom is 0.135 e. The molecule has 22 heavy (non-hydrogen) atoms. The van der Waals surface area contributed by atoms with E-state index in [4.69, 9.17) is 0 Å². The van der Waals surface area contributed by atoms with Gasteiger partial charge in [0, 0.05) is 12.3 Å². The summed E-state index contributed by atoms with van der Waals surface area (Å²) in [6.45, 7) is 18.6. The molecular weight excluding hydrogens is 268 g/mol. The fourth-order valence-electron chi connectivity index (χ4n) is 2.88. The number of hydrogen-bond acceptors (Lipinski definition) is 1. The maximum atomic E-state index is 11.6. The Morgan fingerprint density at radius 1 is 0.909 bits per heavy atom. The molecule has 0 radical (unpaired) electrons. The fourth-order valence-corrected chi connectivity index (χ4v) is 2.88. The van der Waals surface area contributed by atoms with Gasteiger partial charge >= 0.3 is 0 Å². The van der Waals surface area contributed by atoms with Crippen molar-refractivity contribution >= 4 is 5.78 Å². The molecule has 1 heteroatoms. The Morgan fingerprint density at radius 2 is 1.36 bits per heavy atom. The monoisotopic (exact) mass is 314 g/mol. The minimum atomic E-state index is 0.409. The SMILES string of the molecule is CC.CC.CC.CCC(=O)C1CCC(CCCC(C)C)CC1. The molecule has 0 aromatic rings. The van der Waals surface area contributed by atoms with Crippen LogP contribution >= 0.6 is 0 Å². The molecule has 0 unspecified atom stereocenters. The molecule has 1 aliphatic carbocycles. The van der Waals surface area contributed by atoms with E-state index in [1.165, 1.54) is 44.9 Å². The first-order valence-corrected chi connectivity index (χ1v) is 10.2. The molecule has 1 fully saturated rings. The van der Waals surface area contributed by atoms with Crippen molar-refractivity contribution in [3.8, 4) is 0 Å². The molecule has 0 aliphatic heterocycles. The highest BCUT2D eigenvalue weighted by Crippen LogP contribution is 2.33. The van der Waals surface area contributed by atoms with Gasteiger partial charge in [-0.1, -0.05) is 81.6 Å². The van der Waals surface area contributed by atoms with E-state index in [2.05, 4.69) is 13.8 Å². The zero-order valence-corrected chi connectivity index (χ0v) is 17.3. The number of ketones is 1. The topological polar surface area (TPSA) is 17.1 Å². The van der Waals surface area contributed by atoms with Crippen LogP contribution in [0.2, 0.25) is 0 Å². The summed E-state index contributed by atoms with van der Waals surface area (Å²) in [5.41, 5.74) is 0. The number of rotatable bonds is 6. The Hall–Kier alpha value is -0.330. The van der Waals surface area contributed by atoms with Crippen molar-refractivity contribution in [2.24, 2.45) is 17.8 Å². The molecule has 1 saturated carbocycles. The van der Waals surface area contributed by atoms with Crippen LogP contribution in [0.4, 0.5) is 0 Å². The molecule has 136 valence electrons. The van der Waals surface area contributed by atoms with Crippen molar-refractivity contribution in [3.63, 3.8) is 0 Å². The van der Waals surface area contributed by atoms with Crippen molar-refractivity contribution in [1.29, 1.82) is 0 Å². The molecule has 1 nitrogen and oxygen atoms in total. The molecule has 0 spiro atoms. The predicted molar refractivity (Wildman–Crippen MR) is 103 cm³/mol. The molecule has 0 aromatic carbocycles. The maximum absolute atomic E-state index is 11.6. The second kappa shape index (κ2) is 20.7. The minimum Gasteiger partial charge on any atom is -0.299 e. The van der Waals surface area contributed by atoms with E-state index in [0.717, 1.165) is 18.3 Å². The van der Waals surface area contributed by atoms with Crippen molar-refractivity contribution in [2.75, 3.05) is 0 Å². The van der Waals surface area contributed by atoms with Gasteiger partial charge in [0.25, 0.3) is 0 Å². The van der Waals surface area contributed by atoms with Crippen molar-refractivity contribution in [2.45, 2.75) is 114 Å². The van der Waals surface area contributed by atoms with E-state index in [0.29, 0.717) is 11.7 Å². The highest BCUT2D eigenvalue weighted by atomic mass is 16.1. The van der Waals surface area contributed by atoms with E-state index in [-0.39, 0.29) is 0 Å². The van der Waals surface area contributed by atoms with E-state index in [9.17, 15) is 4.79 Å². The molecule has 0 N–H and O–H groups in total. The van der Waals surface area contributed by atoms with E-state index in [1.807, 2.05) is 48.5 Å². The van der Waals surface area contributed by atoms with Crippen LogP contribution in [0.5, 0.6) is 0 Å². The van der Waals surface area contributed by atoms with Gasteiger partial charge in [-0.25, -0.2) is 0 Å². The van der Waals surface area contributed by atoms with Crippen molar-refractivity contribution in [3.05, 3.63) is 0 Å². The molecule has 1 aliphatic rings. The smallest absolute Gasteiger partial charge is 0.135 e. The lowest BCUT2D eigenvalue weighted by atomic mass is 9.77. The summed E-state index contributed by atoms with van der Waals surface area (Å²) in [4.78, 5) is 11.6. The first-order valence-electron chi connectivity index (χ1n) is 10.2. The van der Waals surface area contributed by atoms with Crippen LogP contribution in [-0.4, -0.2) is 5.78 Å². The van der Waals surface area contributed by atoms with Gasteiger partial charge in [0.2, 0.25) is 0 Å². The summed E-state index contributed by atoms with van der Waals surface area (Å²) in [6.07, 6.45) is 9.82. The zero-order chi connectivity index (χ0) is 18.0. The summed E-state index contributed by atoms with van der Waals surface area (Å²) in [7, 11) is 0. The second-order valence-electron chi connectivity index (χ2n) is 5.86. The molecular formula is C21H46O. The van der Waals surface area contributed by atoms with Gasteiger partial charge < -0.3 is 0 Å². The molecule has 0 heterocycles.